The van der Waals surface area contributed by atoms with Gasteiger partial charge in [-0.15, -0.1) is 11.3 Å². The number of amides is 2. The molecule has 3 N–H and O–H groups in total. The van der Waals surface area contributed by atoms with Gasteiger partial charge < -0.3 is 16.0 Å². The maximum Gasteiger partial charge on any atom is 0.242 e. The van der Waals surface area contributed by atoms with Crippen molar-refractivity contribution in [2.45, 2.75) is 13.5 Å². The zero-order chi connectivity index (χ0) is 12.8. The molecule has 0 fully saturated rings. The van der Waals surface area contributed by atoms with E-state index in [0.717, 1.165) is 10.6 Å². The van der Waals surface area contributed by atoms with Gasteiger partial charge in [0.15, 0.2) is 0 Å². The summed E-state index contributed by atoms with van der Waals surface area (Å²) in [5.74, 6) is -0.486. The Labute approximate surface area is 104 Å². The lowest BCUT2D eigenvalue weighted by molar-refractivity contribution is -0.131. The Kier molecular flexibility index (Phi) is 5.05. The standard InChI is InChI=1S/C10H16N4O2S/c1-7-8(17-6-13-7)5-14(2)10(16)4-12-9(15)3-11/h6H,3-5,11H2,1-2H3,(H,12,15). The Bertz CT molecular complexity index is 405. The largest absolute Gasteiger partial charge is 0.346 e. The molecule has 7 heteroatoms. The van der Waals surface area contributed by atoms with Crippen molar-refractivity contribution >= 4 is 23.2 Å². The SMILES string of the molecule is Cc1ncsc1CN(C)C(=O)CNC(=O)CN. The Morgan fingerprint density at radius 2 is 2.29 bits per heavy atom. The van der Waals surface area contributed by atoms with Gasteiger partial charge in [-0.2, -0.15) is 0 Å². The van der Waals surface area contributed by atoms with Crippen LogP contribution >= 0.6 is 11.3 Å². The summed E-state index contributed by atoms with van der Waals surface area (Å²) in [5, 5.41) is 2.44. The highest BCUT2D eigenvalue weighted by atomic mass is 32.1. The number of likely N-dealkylation sites (N-methyl/N-ethyl adjacent to an activating group) is 1. The molecule has 0 aliphatic carbocycles. The van der Waals surface area contributed by atoms with E-state index in [4.69, 9.17) is 5.73 Å². The number of nitrogens with two attached hydrogens (primary N) is 1. The van der Waals surface area contributed by atoms with Crippen LogP contribution in [0.4, 0.5) is 0 Å². The molecule has 0 unspecified atom stereocenters. The molecule has 0 spiro atoms. The minimum atomic E-state index is -0.333. The van der Waals surface area contributed by atoms with Crippen LogP contribution in [0.1, 0.15) is 10.6 Å². The van der Waals surface area contributed by atoms with Crippen LogP contribution in [0.5, 0.6) is 0 Å². The second kappa shape index (κ2) is 6.31. The monoisotopic (exact) mass is 256 g/mol. The lowest BCUT2D eigenvalue weighted by atomic mass is 10.3. The minimum Gasteiger partial charge on any atom is -0.346 e. The quantitative estimate of drug-likeness (QED) is 0.742. The number of thiazole rings is 1. The molecule has 17 heavy (non-hydrogen) atoms. The third-order valence-electron chi connectivity index (χ3n) is 2.27. The van der Waals surface area contributed by atoms with Crippen molar-refractivity contribution in [2.24, 2.45) is 5.73 Å². The average molecular weight is 256 g/mol. The van der Waals surface area contributed by atoms with E-state index >= 15 is 0 Å². The third-order valence-corrected chi connectivity index (χ3v) is 3.19. The molecule has 94 valence electrons. The molecule has 0 aliphatic rings. The van der Waals surface area contributed by atoms with Crippen molar-refractivity contribution in [3.63, 3.8) is 0 Å². The van der Waals surface area contributed by atoms with Crippen molar-refractivity contribution in [3.8, 4) is 0 Å². The smallest absolute Gasteiger partial charge is 0.242 e. The van der Waals surface area contributed by atoms with E-state index in [1.165, 1.54) is 11.3 Å². The number of rotatable bonds is 5. The highest BCUT2D eigenvalue weighted by Gasteiger charge is 2.12. The minimum absolute atomic E-state index is 0.0234. The highest BCUT2D eigenvalue weighted by Crippen LogP contribution is 2.13. The van der Waals surface area contributed by atoms with E-state index in [1.807, 2.05) is 6.92 Å². The molecule has 0 saturated heterocycles. The second-order valence-electron chi connectivity index (χ2n) is 3.59. The molecule has 2 amide bonds. The highest BCUT2D eigenvalue weighted by molar-refractivity contribution is 7.09. The number of hydrogen-bond acceptors (Lipinski definition) is 5. The molecule has 0 saturated carbocycles. The zero-order valence-corrected chi connectivity index (χ0v) is 10.7. The summed E-state index contributed by atoms with van der Waals surface area (Å²) >= 11 is 1.51. The number of nitrogens with one attached hydrogen (secondary N) is 1. The van der Waals surface area contributed by atoms with Crippen molar-refractivity contribution < 1.29 is 9.59 Å². The molecule has 0 bridgehead atoms. The summed E-state index contributed by atoms with van der Waals surface area (Å²) in [6, 6.07) is 0. The molecular formula is C10H16N4O2S. The Balaban J connectivity index is 2.42. The number of aryl methyl sites for hydroxylation is 1. The van der Waals surface area contributed by atoms with E-state index in [1.54, 1.807) is 17.5 Å². The van der Waals surface area contributed by atoms with Gasteiger partial charge in [-0.05, 0) is 6.92 Å². The summed E-state index contributed by atoms with van der Waals surface area (Å²) < 4.78 is 0. The van der Waals surface area contributed by atoms with Gasteiger partial charge in [0.2, 0.25) is 11.8 Å². The molecule has 6 nitrogen and oxygen atoms in total. The van der Waals surface area contributed by atoms with E-state index in [0.29, 0.717) is 6.54 Å². The Morgan fingerprint density at radius 3 is 2.82 bits per heavy atom. The topological polar surface area (TPSA) is 88.3 Å². The van der Waals surface area contributed by atoms with Gasteiger partial charge in [0.25, 0.3) is 0 Å². The Hall–Kier alpha value is -1.47. The first kappa shape index (κ1) is 13.6. The fourth-order valence-corrected chi connectivity index (χ4v) is 1.99. The van der Waals surface area contributed by atoms with E-state index in [-0.39, 0.29) is 24.9 Å². The van der Waals surface area contributed by atoms with E-state index in [9.17, 15) is 9.59 Å². The summed E-state index contributed by atoms with van der Waals surface area (Å²) in [5.41, 5.74) is 7.80. The summed E-state index contributed by atoms with van der Waals surface area (Å²) in [6.45, 7) is 2.28. The van der Waals surface area contributed by atoms with Crippen LogP contribution in [0.25, 0.3) is 0 Å². The fourth-order valence-electron chi connectivity index (χ4n) is 1.16. The lowest BCUT2D eigenvalue weighted by Gasteiger charge is -2.16. The molecule has 0 aliphatic heterocycles. The third kappa shape index (κ3) is 4.12. The molecule has 1 rings (SSSR count). The van der Waals surface area contributed by atoms with Crippen LogP contribution in [0.3, 0.4) is 0 Å². The van der Waals surface area contributed by atoms with E-state index in [2.05, 4.69) is 10.3 Å². The number of carbonyl (C=O) groups is 2. The van der Waals surface area contributed by atoms with Gasteiger partial charge in [0.05, 0.1) is 30.8 Å². The van der Waals surface area contributed by atoms with Crippen molar-refractivity contribution in [3.05, 3.63) is 16.1 Å². The molecule has 0 aromatic carbocycles. The van der Waals surface area contributed by atoms with Gasteiger partial charge in [-0.25, -0.2) is 4.98 Å². The first-order valence-electron chi connectivity index (χ1n) is 5.14. The van der Waals surface area contributed by atoms with Crippen LogP contribution in [0, 0.1) is 6.92 Å². The van der Waals surface area contributed by atoms with Crippen LogP contribution < -0.4 is 11.1 Å². The van der Waals surface area contributed by atoms with E-state index < -0.39 is 0 Å². The Morgan fingerprint density at radius 1 is 1.59 bits per heavy atom. The van der Waals surface area contributed by atoms with Gasteiger partial charge in [0.1, 0.15) is 0 Å². The van der Waals surface area contributed by atoms with Crippen LogP contribution in [0.15, 0.2) is 5.51 Å². The average Bonchev–Trinajstić information content (AvgIpc) is 2.71. The molecule has 1 aromatic heterocycles. The predicted octanol–water partition coefficient (Wildman–Crippen LogP) is -0.515. The summed E-state index contributed by atoms with van der Waals surface area (Å²) in [7, 11) is 1.69. The molecule has 0 radical (unpaired) electrons. The van der Waals surface area contributed by atoms with Gasteiger partial charge in [-0.1, -0.05) is 0 Å². The first-order chi connectivity index (χ1) is 8.04. The maximum atomic E-state index is 11.7. The number of nitrogens with zero attached hydrogens (tertiary/aromatic N) is 2. The molecule has 1 heterocycles. The molecule has 0 atom stereocenters. The van der Waals surface area contributed by atoms with Gasteiger partial charge >= 0.3 is 0 Å². The maximum absolute atomic E-state index is 11.7. The normalized spacial score (nSPS) is 10.1. The lowest BCUT2D eigenvalue weighted by Crippen LogP contribution is -2.40. The molecular weight excluding hydrogens is 240 g/mol. The fraction of sp³-hybridized carbons (Fsp3) is 0.500. The number of carbonyl (C=O) groups excluding carboxylic acids is 2. The summed E-state index contributed by atoms with van der Waals surface area (Å²) in [6.07, 6.45) is 0. The van der Waals surface area contributed by atoms with Crippen molar-refractivity contribution in [2.75, 3.05) is 20.1 Å². The van der Waals surface area contributed by atoms with Crippen LogP contribution in [0.2, 0.25) is 0 Å². The van der Waals surface area contributed by atoms with Crippen molar-refractivity contribution in [1.82, 2.24) is 15.2 Å². The molecule has 1 aromatic rings. The van der Waals surface area contributed by atoms with Gasteiger partial charge in [0, 0.05) is 11.9 Å². The van der Waals surface area contributed by atoms with Crippen molar-refractivity contribution in [1.29, 1.82) is 0 Å². The van der Waals surface area contributed by atoms with Crippen LogP contribution in [-0.4, -0.2) is 41.8 Å². The predicted molar refractivity (Wildman–Crippen MR) is 65.4 cm³/mol. The van der Waals surface area contributed by atoms with Gasteiger partial charge in [-0.3, -0.25) is 9.59 Å². The van der Waals surface area contributed by atoms with Crippen LogP contribution in [-0.2, 0) is 16.1 Å². The second-order valence-corrected chi connectivity index (χ2v) is 4.53. The number of hydrogen-bond donors (Lipinski definition) is 2. The zero-order valence-electron chi connectivity index (χ0n) is 9.90. The summed E-state index contributed by atoms with van der Waals surface area (Å²) in [4.78, 5) is 29.3. The number of aromatic nitrogens is 1. The first-order valence-corrected chi connectivity index (χ1v) is 6.02.